The van der Waals surface area contributed by atoms with Crippen LogP contribution in [0.25, 0.3) is 0 Å². The Labute approximate surface area is 205 Å². The van der Waals surface area contributed by atoms with Gasteiger partial charge in [0.25, 0.3) is 0 Å². The van der Waals surface area contributed by atoms with Gasteiger partial charge in [-0.1, -0.05) is 24.3 Å². The molecule has 0 bridgehead atoms. The Morgan fingerprint density at radius 3 is 1.30 bits per heavy atom. The zero-order valence-corrected chi connectivity index (χ0v) is 18.8. The molecule has 0 amide bonds. The van der Waals surface area contributed by atoms with Crippen molar-refractivity contribution < 1.29 is 49.4 Å². The zero-order chi connectivity index (χ0) is 27.9. The number of halogens is 9. The van der Waals surface area contributed by atoms with Crippen molar-refractivity contribution in [2.45, 2.75) is 31.4 Å². The summed E-state index contributed by atoms with van der Waals surface area (Å²) < 4.78 is 111. The van der Waals surface area contributed by atoms with Crippen LogP contribution in [-0.4, -0.2) is 17.6 Å². The first-order valence-corrected chi connectivity index (χ1v) is 10.5. The van der Waals surface area contributed by atoms with Crippen molar-refractivity contribution in [2.75, 3.05) is 11.9 Å². The van der Waals surface area contributed by atoms with Crippen LogP contribution in [-0.2, 0) is 36.2 Å². The van der Waals surface area contributed by atoms with Gasteiger partial charge >= 0.3 is 24.5 Å². The Morgan fingerprint density at radius 2 is 0.946 bits per heavy atom. The van der Waals surface area contributed by atoms with Crippen LogP contribution in [0.5, 0.6) is 0 Å². The minimum Gasteiger partial charge on any atom is -0.481 e. The van der Waals surface area contributed by atoms with E-state index >= 15 is 0 Å². The lowest BCUT2D eigenvalue weighted by Crippen LogP contribution is -2.08. The lowest BCUT2D eigenvalue weighted by atomic mass is 10.1. The fraction of sp³-hybridized carbons (Fsp3) is 0.240. The number of hydrogen-bond donors (Lipinski definition) is 2. The van der Waals surface area contributed by atoms with E-state index in [0.29, 0.717) is 29.8 Å². The van der Waals surface area contributed by atoms with Gasteiger partial charge < -0.3 is 10.4 Å². The van der Waals surface area contributed by atoms with E-state index < -0.39 is 41.2 Å². The Morgan fingerprint density at radius 1 is 0.595 bits per heavy atom. The number of alkyl halides is 9. The molecule has 3 aromatic carbocycles. The van der Waals surface area contributed by atoms with Crippen molar-refractivity contribution in [2.24, 2.45) is 0 Å². The molecule has 37 heavy (non-hydrogen) atoms. The minimum atomic E-state index is -4.38. The van der Waals surface area contributed by atoms with Gasteiger partial charge in [0.1, 0.15) is 0 Å². The molecule has 0 atom stereocenters. The first-order valence-electron chi connectivity index (χ1n) is 10.5. The minimum absolute atomic E-state index is 0.266. The predicted octanol–water partition coefficient (Wildman–Crippen LogP) is 7.71. The van der Waals surface area contributed by atoms with E-state index in [9.17, 15) is 44.3 Å². The van der Waals surface area contributed by atoms with Crippen molar-refractivity contribution in [3.8, 4) is 0 Å². The third kappa shape index (κ3) is 10.1. The molecule has 12 heteroatoms. The summed E-state index contributed by atoms with van der Waals surface area (Å²) in [5.41, 5.74) is -0.637. The number of aliphatic carboxylic acids is 1. The van der Waals surface area contributed by atoms with Crippen molar-refractivity contribution >= 4 is 11.7 Å². The molecule has 0 saturated carbocycles. The Balaban J connectivity index is 0.000000294. The molecule has 0 unspecified atom stereocenters. The average Bonchev–Trinajstić information content (AvgIpc) is 2.78. The third-order valence-electron chi connectivity index (χ3n) is 4.87. The number of anilines is 1. The summed E-state index contributed by atoms with van der Waals surface area (Å²) in [6.45, 7) is 0.400. The molecule has 0 aliphatic carbocycles. The van der Waals surface area contributed by atoms with Crippen LogP contribution in [0, 0.1) is 0 Å². The van der Waals surface area contributed by atoms with Crippen LogP contribution in [0.3, 0.4) is 0 Å². The van der Waals surface area contributed by atoms with Crippen molar-refractivity contribution in [3.63, 3.8) is 0 Å². The van der Waals surface area contributed by atoms with E-state index in [4.69, 9.17) is 5.11 Å². The van der Waals surface area contributed by atoms with Crippen molar-refractivity contribution in [1.82, 2.24) is 0 Å². The van der Waals surface area contributed by atoms with Crippen molar-refractivity contribution in [1.29, 1.82) is 0 Å². The van der Waals surface area contributed by atoms with E-state index in [2.05, 4.69) is 5.32 Å². The second kappa shape index (κ2) is 12.0. The van der Waals surface area contributed by atoms with E-state index in [1.807, 2.05) is 0 Å². The topological polar surface area (TPSA) is 49.3 Å². The zero-order valence-electron chi connectivity index (χ0n) is 18.8. The standard InChI is InChI=1S/C16H13F6N.C9H7F3O2/c17-15(18,19)12-3-1-11(2-4-12)9-10-23-14-7-5-13(6-8-14)16(20,21)22;10-9(11,12)7-3-1-6(2-4-7)5-8(13)14/h1-8,23H,9-10H2;1-4H,5H2,(H,13,14). The second-order valence-corrected chi connectivity index (χ2v) is 7.71. The number of benzene rings is 3. The molecule has 0 aromatic heterocycles. The van der Waals surface area contributed by atoms with Gasteiger partial charge in [-0.2, -0.15) is 39.5 Å². The highest BCUT2D eigenvalue weighted by molar-refractivity contribution is 5.70. The number of hydrogen-bond acceptors (Lipinski definition) is 2. The molecule has 2 N–H and O–H groups in total. The normalized spacial score (nSPS) is 11.9. The first kappa shape index (κ1) is 29.5. The molecular weight excluding hydrogens is 517 g/mol. The SMILES string of the molecule is FC(F)(F)c1ccc(CCNc2ccc(C(F)(F)F)cc2)cc1.O=C(O)Cc1ccc(C(F)(F)F)cc1. The largest absolute Gasteiger partial charge is 0.481 e. The van der Waals surface area contributed by atoms with Crippen LogP contribution in [0.4, 0.5) is 45.2 Å². The average molecular weight is 537 g/mol. The van der Waals surface area contributed by atoms with E-state index in [0.717, 1.165) is 48.5 Å². The molecule has 0 spiro atoms. The summed E-state index contributed by atoms with van der Waals surface area (Å²) in [7, 11) is 0. The van der Waals surface area contributed by atoms with Gasteiger partial charge in [0, 0.05) is 12.2 Å². The fourth-order valence-corrected chi connectivity index (χ4v) is 2.97. The maximum absolute atomic E-state index is 12.4. The van der Waals surface area contributed by atoms with E-state index in [-0.39, 0.29) is 6.42 Å². The van der Waals surface area contributed by atoms with Crippen LogP contribution in [0.2, 0.25) is 0 Å². The summed E-state index contributed by atoms with van der Waals surface area (Å²) in [4.78, 5) is 10.2. The number of carboxylic acid groups (broad SMARTS) is 1. The van der Waals surface area contributed by atoms with Gasteiger partial charge in [-0.05, 0) is 66.1 Å². The van der Waals surface area contributed by atoms with E-state index in [1.54, 1.807) is 0 Å². The molecule has 0 saturated heterocycles. The maximum Gasteiger partial charge on any atom is 0.416 e. The van der Waals surface area contributed by atoms with Gasteiger partial charge in [0.05, 0.1) is 23.1 Å². The predicted molar refractivity (Wildman–Crippen MR) is 118 cm³/mol. The molecule has 3 nitrogen and oxygen atoms in total. The first-order chi connectivity index (χ1) is 17.1. The highest BCUT2D eigenvalue weighted by Gasteiger charge is 2.31. The number of carboxylic acids is 1. The van der Waals surface area contributed by atoms with Crippen LogP contribution in [0.1, 0.15) is 27.8 Å². The number of carbonyl (C=O) groups is 1. The molecule has 0 heterocycles. The lowest BCUT2D eigenvalue weighted by Gasteiger charge is -2.10. The van der Waals surface area contributed by atoms with E-state index in [1.165, 1.54) is 24.3 Å². The maximum atomic E-state index is 12.4. The molecule has 0 radical (unpaired) electrons. The molecule has 0 aliphatic rings. The lowest BCUT2D eigenvalue weighted by molar-refractivity contribution is -0.138. The van der Waals surface area contributed by atoms with Gasteiger partial charge in [-0.3, -0.25) is 4.79 Å². The summed E-state index contributed by atoms with van der Waals surface area (Å²) in [5.74, 6) is -1.07. The third-order valence-corrected chi connectivity index (χ3v) is 4.87. The van der Waals surface area contributed by atoms with Crippen LogP contribution >= 0.6 is 0 Å². The number of nitrogens with one attached hydrogen (secondary N) is 1. The Hall–Kier alpha value is -3.70. The van der Waals surface area contributed by atoms with Gasteiger partial charge in [0.2, 0.25) is 0 Å². The number of rotatable bonds is 6. The Kier molecular flexibility index (Phi) is 9.60. The molecule has 200 valence electrons. The highest BCUT2D eigenvalue weighted by atomic mass is 19.4. The summed E-state index contributed by atoms with van der Waals surface area (Å²) in [6, 6.07) is 13.4. The molecule has 3 aromatic rings. The van der Waals surface area contributed by atoms with Crippen molar-refractivity contribution in [3.05, 3.63) is 101 Å². The summed E-state index contributed by atoms with van der Waals surface area (Å²) >= 11 is 0. The van der Waals surface area contributed by atoms with Crippen LogP contribution < -0.4 is 5.32 Å². The van der Waals surface area contributed by atoms with Crippen LogP contribution in [0.15, 0.2) is 72.8 Å². The smallest absolute Gasteiger partial charge is 0.416 e. The quantitative estimate of drug-likeness (QED) is 0.317. The molecule has 0 aliphatic heterocycles. The Bertz CT molecular complexity index is 1080. The molecule has 3 rings (SSSR count). The van der Waals surface area contributed by atoms with Gasteiger partial charge in [0.15, 0.2) is 0 Å². The van der Waals surface area contributed by atoms with Gasteiger partial charge in [-0.15, -0.1) is 0 Å². The summed E-state index contributed by atoms with van der Waals surface area (Å²) in [6.07, 6.45) is -12.9. The molecular formula is C25H20F9NO2. The summed E-state index contributed by atoms with van der Waals surface area (Å²) in [5, 5.41) is 11.3. The highest BCUT2D eigenvalue weighted by Crippen LogP contribution is 2.31. The van der Waals surface area contributed by atoms with Gasteiger partial charge in [-0.25, -0.2) is 0 Å². The molecule has 0 fully saturated rings. The fourth-order valence-electron chi connectivity index (χ4n) is 2.97. The second-order valence-electron chi connectivity index (χ2n) is 7.71. The monoisotopic (exact) mass is 537 g/mol.